The minimum absolute atomic E-state index is 0.157. The number of hydrogen-bond donors (Lipinski definition) is 2. The lowest BCUT2D eigenvalue weighted by molar-refractivity contribution is -0.111. The normalized spacial score (nSPS) is 13.7. The van der Waals surface area contributed by atoms with Crippen LogP contribution in [0.1, 0.15) is 28.8 Å². The third-order valence-electron chi connectivity index (χ3n) is 3.64. The Balaban J connectivity index is 1.67. The third kappa shape index (κ3) is 4.46. The molecule has 2 N–H and O–H groups in total. The molecule has 0 unspecified atom stereocenters. The largest absolute Gasteiger partial charge is 0.349 e. The van der Waals surface area contributed by atoms with Gasteiger partial charge >= 0.3 is 0 Å². The lowest BCUT2D eigenvalue weighted by Gasteiger charge is -2.09. The topological polar surface area (TPSA) is 58.2 Å². The van der Waals surface area contributed by atoms with Gasteiger partial charge in [-0.2, -0.15) is 0 Å². The summed E-state index contributed by atoms with van der Waals surface area (Å²) >= 11 is 5.83. The van der Waals surface area contributed by atoms with Crippen molar-refractivity contribution in [1.82, 2.24) is 5.32 Å². The second-order valence-corrected chi connectivity index (χ2v) is 6.10. The molecule has 5 heteroatoms. The van der Waals surface area contributed by atoms with Crippen LogP contribution in [0, 0.1) is 0 Å². The van der Waals surface area contributed by atoms with Crippen LogP contribution in [0.2, 0.25) is 5.02 Å². The highest BCUT2D eigenvalue weighted by Crippen LogP contribution is 2.21. The van der Waals surface area contributed by atoms with Crippen molar-refractivity contribution in [1.29, 1.82) is 0 Å². The van der Waals surface area contributed by atoms with E-state index in [9.17, 15) is 9.59 Å². The first-order valence-electron chi connectivity index (χ1n) is 7.76. The van der Waals surface area contributed by atoms with E-state index in [2.05, 4.69) is 10.6 Å². The molecule has 2 aromatic rings. The van der Waals surface area contributed by atoms with Gasteiger partial charge in [0.1, 0.15) is 0 Å². The molecule has 0 heterocycles. The fourth-order valence-electron chi connectivity index (χ4n) is 2.20. The molecule has 2 aromatic carbocycles. The Labute approximate surface area is 145 Å². The van der Waals surface area contributed by atoms with Crippen LogP contribution >= 0.6 is 11.6 Å². The molecule has 0 radical (unpaired) electrons. The zero-order chi connectivity index (χ0) is 16.9. The third-order valence-corrected chi connectivity index (χ3v) is 3.89. The molecule has 0 saturated heterocycles. The van der Waals surface area contributed by atoms with E-state index in [1.165, 1.54) is 6.08 Å². The molecule has 4 nitrogen and oxygen atoms in total. The van der Waals surface area contributed by atoms with Gasteiger partial charge in [-0.05, 0) is 48.7 Å². The second-order valence-electron chi connectivity index (χ2n) is 5.67. The highest BCUT2D eigenvalue weighted by molar-refractivity contribution is 6.30. The van der Waals surface area contributed by atoms with Crippen LogP contribution in [0.5, 0.6) is 0 Å². The lowest BCUT2D eigenvalue weighted by Crippen LogP contribution is -2.26. The molecule has 0 atom stereocenters. The van der Waals surface area contributed by atoms with E-state index < -0.39 is 0 Å². The van der Waals surface area contributed by atoms with Gasteiger partial charge in [0.2, 0.25) is 5.91 Å². The van der Waals surface area contributed by atoms with Crippen LogP contribution in [0.25, 0.3) is 6.08 Å². The summed E-state index contributed by atoms with van der Waals surface area (Å²) in [7, 11) is 0. The van der Waals surface area contributed by atoms with Crippen molar-refractivity contribution < 1.29 is 9.59 Å². The lowest BCUT2D eigenvalue weighted by atomic mass is 10.1. The summed E-state index contributed by atoms with van der Waals surface area (Å²) in [5, 5.41) is 6.33. The summed E-state index contributed by atoms with van der Waals surface area (Å²) in [6.45, 7) is 0. The second kappa shape index (κ2) is 7.32. The number of rotatable bonds is 5. The maximum atomic E-state index is 12.2. The Hall–Kier alpha value is -2.59. The molecule has 2 amide bonds. The number of hydrogen-bond acceptors (Lipinski definition) is 2. The Bertz CT molecular complexity index is 780. The van der Waals surface area contributed by atoms with Crippen molar-refractivity contribution >= 4 is 35.2 Å². The fraction of sp³-hybridized carbons (Fsp3) is 0.158. The highest BCUT2D eigenvalue weighted by Gasteiger charge is 2.24. The molecule has 1 saturated carbocycles. The number of para-hydroxylation sites is 1. The fourth-order valence-corrected chi connectivity index (χ4v) is 2.33. The predicted molar refractivity (Wildman–Crippen MR) is 96.0 cm³/mol. The standard InChI is InChI=1S/C19H17ClN2O2/c20-14-8-5-13(6-9-14)7-12-18(23)22-17-4-2-1-3-16(17)19(24)21-15-10-11-15/h1-9,12,15H,10-11H2,(H,21,24)(H,22,23)/b12-7+. The van der Waals surface area contributed by atoms with Gasteiger partial charge in [-0.25, -0.2) is 0 Å². The molecule has 1 aliphatic rings. The van der Waals surface area contributed by atoms with E-state index in [0.717, 1.165) is 18.4 Å². The van der Waals surface area contributed by atoms with Gasteiger partial charge in [0.25, 0.3) is 5.91 Å². The number of nitrogens with one attached hydrogen (secondary N) is 2. The average molecular weight is 341 g/mol. The van der Waals surface area contributed by atoms with Gasteiger partial charge in [-0.3, -0.25) is 9.59 Å². The smallest absolute Gasteiger partial charge is 0.253 e. The maximum Gasteiger partial charge on any atom is 0.253 e. The summed E-state index contributed by atoms with van der Waals surface area (Å²) in [4.78, 5) is 24.3. The number of anilines is 1. The Kier molecular flexibility index (Phi) is 4.96. The van der Waals surface area contributed by atoms with Crippen LogP contribution in [-0.2, 0) is 4.79 Å². The zero-order valence-electron chi connectivity index (χ0n) is 13.0. The summed E-state index contributed by atoms with van der Waals surface area (Å²) in [6.07, 6.45) is 5.16. The number of carbonyl (C=O) groups is 2. The van der Waals surface area contributed by atoms with Gasteiger partial charge in [-0.15, -0.1) is 0 Å². The average Bonchev–Trinajstić information content (AvgIpc) is 3.39. The molecule has 0 aliphatic heterocycles. The number of benzene rings is 2. The monoisotopic (exact) mass is 340 g/mol. The molecular formula is C19H17ClN2O2. The molecule has 0 spiro atoms. The summed E-state index contributed by atoms with van der Waals surface area (Å²) in [6, 6.07) is 14.4. The van der Waals surface area contributed by atoms with Crippen LogP contribution in [0.4, 0.5) is 5.69 Å². The van der Waals surface area contributed by atoms with Crippen LogP contribution in [0.15, 0.2) is 54.6 Å². The van der Waals surface area contributed by atoms with Crippen molar-refractivity contribution in [3.63, 3.8) is 0 Å². The van der Waals surface area contributed by atoms with Crippen LogP contribution in [0.3, 0.4) is 0 Å². The first kappa shape index (κ1) is 16.3. The van der Waals surface area contributed by atoms with Gasteiger partial charge in [0.15, 0.2) is 0 Å². The summed E-state index contributed by atoms with van der Waals surface area (Å²) < 4.78 is 0. The van der Waals surface area contributed by atoms with E-state index >= 15 is 0 Å². The highest BCUT2D eigenvalue weighted by atomic mass is 35.5. The number of carbonyl (C=O) groups excluding carboxylic acids is 2. The molecular weight excluding hydrogens is 324 g/mol. The zero-order valence-corrected chi connectivity index (χ0v) is 13.7. The SMILES string of the molecule is O=C(/C=C/c1ccc(Cl)cc1)Nc1ccccc1C(=O)NC1CC1. The quantitative estimate of drug-likeness (QED) is 0.811. The molecule has 24 heavy (non-hydrogen) atoms. The molecule has 0 bridgehead atoms. The van der Waals surface area contributed by atoms with E-state index in [1.807, 2.05) is 12.1 Å². The molecule has 0 aromatic heterocycles. The first-order valence-corrected chi connectivity index (χ1v) is 8.14. The molecule has 122 valence electrons. The van der Waals surface area contributed by atoms with Gasteiger partial charge in [0, 0.05) is 17.1 Å². The Morgan fingerprint density at radius 3 is 2.46 bits per heavy atom. The van der Waals surface area contributed by atoms with Crippen molar-refractivity contribution in [2.24, 2.45) is 0 Å². The molecule has 3 rings (SSSR count). The predicted octanol–water partition coefficient (Wildman–Crippen LogP) is 3.88. The minimum atomic E-state index is -0.295. The van der Waals surface area contributed by atoms with Crippen LogP contribution in [-0.4, -0.2) is 17.9 Å². The first-order chi connectivity index (χ1) is 11.6. The van der Waals surface area contributed by atoms with E-state index in [4.69, 9.17) is 11.6 Å². The van der Waals surface area contributed by atoms with Crippen molar-refractivity contribution in [3.8, 4) is 0 Å². The summed E-state index contributed by atoms with van der Waals surface area (Å²) in [5.74, 6) is -0.452. The Morgan fingerprint density at radius 2 is 1.75 bits per heavy atom. The maximum absolute atomic E-state index is 12.2. The van der Waals surface area contributed by atoms with Gasteiger partial charge < -0.3 is 10.6 Å². The summed E-state index contributed by atoms with van der Waals surface area (Å²) in [5.41, 5.74) is 1.84. The van der Waals surface area contributed by atoms with Gasteiger partial charge in [-0.1, -0.05) is 35.9 Å². The molecule has 1 fully saturated rings. The number of halogens is 1. The molecule has 1 aliphatic carbocycles. The van der Waals surface area contributed by atoms with E-state index in [0.29, 0.717) is 16.3 Å². The Morgan fingerprint density at radius 1 is 1.04 bits per heavy atom. The van der Waals surface area contributed by atoms with Crippen molar-refractivity contribution in [2.75, 3.05) is 5.32 Å². The van der Waals surface area contributed by atoms with Crippen molar-refractivity contribution in [2.45, 2.75) is 18.9 Å². The van der Waals surface area contributed by atoms with Gasteiger partial charge in [0.05, 0.1) is 11.3 Å². The van der Waals surface area contributed by atoms with Crippen LogP contribution < -0.4 is 10.6 Å². The van der Waals surface area contributed by atoms with E-state index in [1.54, 1.807) is 42.5 Å². The minimum Gasteiger partial charge on any atom is -0.349 e. The van der Waals surface area contributed by atoms with Crippen molar-refractivity contribution in [3.05, 3.63) is 70.8 Å². The van der Waals surface area contributed by atoms with E-state index in [-0.39, 0.29) is 17.9 Å². The number of amides is 2.